The summed E-state index contributed by atoms with van der Waals surface area (Å²) in [4.78, 5) is 0. The smallest absolute Gasteiger partial charge is 0.309 e. The van der Waals surface area contributed by atoms with Gasteiger partial charge >= 0.3 is 6.11 Å². The lowest BCUT2D eigenvalue weighted by Gasteiger charge is -2.30. The van der Waals surface area contributed by atoms with E-state index in [1.165, 1.54) is 95.6 Å². The fourth-order valence-electron chi connectivity index (χ4n) is 7.41. The number of alkyl halides is 2. The molecule has 4 rings (SSSR count). The normalized spacial score (nSPS) is 24.1. The van der Waals surface area contributed by atoms with Crippen LogP contribution >= 0.6 is 0 Å². The van der Waals surface area contributed by atoms with Crippen molar-refractivity contribution >= 4 is 0 Å². The molecule has 0 amide bonds. The number of rotatable bonds is 14. The van der Waals surface area contributed by atoms with Crippen LogP contribution in [-0.2, 0) is 10.8 Å². The van der Waals surface area contributed by atoms with Gasteiger partial charge in [0.15, 0.2) is 11.6 Å². The third kappa shape index (κ3) is 8.61. The molecule has 0 bridgehead atoms. The van der Waals surface area contributed by atoms with Crippen LogP contribution in [0.4, 0.5) is 17.6 Å². The summed E-state index contributed by atoms with van der Waals surface area (Å²) in [7, 11) is 0. The Morgan fingerprint density at radius 1 is 0.690 bits per heavy atom. The van der Waals surface area contributed by atoms with E-state index < -0.39 is 29.4 Å². The van der Waals surface area contributed by atoms with E-state index >= 15 is 17.6 Å². The first kappa shape index (κ1) is 33.0. The molecule has 2 fully saturated rings. The molecule has 42 heavy (non-hydrogen) atoms. The molecule has 1 unspecified atom stereocenters. The van der Waals surface area contributed by atoms with Gasteiger partial charge in [0.05, 0.1) is 11.7 Å². The number of hydrogen-bond donors (Lipinski definition) is 0. The number of hydrogen-bond acceptors (Lipinski definition) is 1. The van der Waals surface area contributed by atoms with E-state index in [0.29, 0.717) is 17.4 Å². The molecular weight excluding hydrogens is 536 g/mol. The quantitative estimate of drug-likeness (QED) is 0.158. The molecule has 2 aliphatic carbocycles. The van der Waals surface area contributed by atoms with Crippen molar-refractivity contribution in [1.82, 2.24) is 0 Å². The first-order valence-corrected chi connectivity index (χ1v) is 16.9. The fraction of sp³-hybridized carbons (Fsp3) is 0.676. The zero-order valence-corrected chi connectivity index (χ0v) is 26.1. The molecule has 0 aromatic heterocycles. The maximum absolute atomic E-state index is 15.2. The van der Waals surface area contributed by atoms with Gasteiger partial charge in [0.25, 0.3) is 0 Å². The highest BCUT2D eigenvalue weighted by Gasteiger charge is 2.40. The minimum Gasteiger partial charge on any atom is -0.309 e. The van der Waals surface area contributed by atoms with E-state index in [2.05, 4.69) is 13.8 Å². The Labute approximate surface area is 251 Å². The zero-order chi connectivity index (χ0) is 30.1. The van der Waals surface area contributed by atoms with Crippen molar-refractivity contribution in [3.8, 4) is 0 Å². The third-order valence-corrected chi connectivity index (χ3v) is 10.2. The number of unbranched alkanes of at least 4 members (excludes halogenated alkanes) is 4. The second-order valence-corrected chi connectivity index (χ2v) is 13.2. The monoisotopic (exact) mass is 588 g/mol. The first-order valence-electron chi connectivity index (χ1n) is 16.9. The maximum atomic E-state index is 15.2. The summed E-state index contributed by atoms with van der Waals surface area (Å²) in [5.41, 5.74) is 1.03. The number of benzene rings is 2. The van der Waals surface area contributed by atoms with Crippen molar-refractivity contribution in [1.29, 1.82) is 0 Å². The van der Waals surface area contributed by atoms with Gasteiger partial charge in [0.1, 0.15) is 0 Å². The van der Waals surface area contributed by atoms with Crippen LogP contribution in [0.5, 0.6) is 0 Å². The highest BCUT2D eigenvalue weighted by atomic mass is 19.3. The fourth-order valence-corrected chi connectivity index (χ4v) is 7.41. The molecular formula is C37H52F4O. The molecule has 0 aliphatic heterocycles. The lowest BCUT2D eigenvalue weighted by atomic mass is 9.76. The largest absolute Gasteiger partial charge is 0.386 e. The lowest BCUT2D eigenvalue weighted by Crippen LogP contribution is -2.23. The average Bonchev–Trinajstić information content (AvgIpc) is 2.99. The molecule has 5 heteroatoms. The van der Waals surface area contributed by atoms with Gasteiger partial charge in [-0.1, -0.05) is 95.5 Å². The molecule has 0 N–H and O–H groups in total. The summed E-state index contributed by atoms with van der Waals surface area (Å²) >= 11 is 0. The highest BCUT2D eigenvalue weighted by molar-refractivity contribution is 5.32. The van der Waals surface area contributed by atoms with Gasteiger partial charge in [0.2, 0.25) is 0 Å². The molecule has 1 nitrogen and oxygen atoms in total. The SMILES string of the molecule is CCCCCC1CCC(c2ccc(C(C)OC(F)(F)c3ccc(C4CCC(CCCCC)CC4)c(F)c3F)cc2)CC1. The van der Waals surface area contributed by atoms with Crippen molar-refractivity contribution < 1.29 is 22.3 Å². The van der Waals surface area contributed by atoms with Crippen LogP contribution in [-0.4, -0.2) is 0 Å². The van der Waals surface area contributed by atoms with Crippen LogP contribution in [0.3, 0.4) is 0 Å². The Hall–Kier alpha value is -1.88. The molecule has 1 atom stereocenters. The molecule has 2 saturated carbocycles. The summed E-state index contributed by atoms with van der Waals surface area (Å²) in [6.07, 6.45) is 13.4. The van der Waals surface area contributed by atoms with Crippen LogP contribution in [0.1, 0.15) is 164 Å². The zero-order valence-electron chi connectivity index (χ0n) is 26.1. The van der Waals surface area contributed by atoms with Crippen molar-refractivity contribution in [3.63, 3.8) is 0 Å². The Morgan fingerprint density at radius 2 is 1.21 bits per heavy atom. The van der Waals surface area contributed by atoms with Gasteiger partial charge < -0.3 is 4.74 Å². The van der Waals surface area contributed by atoms with Gasteiger partial charge in [-0.05, 0) is 105 Å². The average molecular weight is 589 g/mol. The van der Waals surface area contributed by atoms with E-state index in [0.717, 1.165) is 37.7 Å². The predicted molar refractivity (Wildman–Crippen MR) is 164 cm³/mol. The molecule has 0 saturated heterocycles. The van der Waals surface area contributed by atoms with Gasteiger partial charge in [-0.15, -0.1) is 0 Å². The summed E-state index contributed by atoms with van der Waals surface area (Å²) in [5, 5.41) is 0. The van der Waals surface area contributed by atoms with Crippen LogP contribution < -0.4 is 0 Å². The van der Waals surface area contributed by atoms with E-state index in [1.54, 1.807) is 0 Å². The van der Waals surface area contributed by atoms with Crippen LogP contribution in [0.15, 0.2) is 36.4 Å². The lowest BCUT2D eigenvalue weighted by molar-refractivity contribution is -0.273. The van der Waals surface area contributed by atoms with Crippen molar-refractivity contribution in [3.05, 3.63) is 70.3 Å². The second kappa shape index (κ2) is 15.7. The standard InChI is InChI=1S/C37H52F4O/c1-4-6-8-10-27-12-16-30(17-13-27)31-22-20-29(21-23-31)26(3)42-37(40,41)34-25-24-33(35(38)36(34)39)32-18-14-28(15-19-32)11-9-7-5-2/h20-28,30,32H,4-19H2,1-3H3. The maximum Gasteiger partial charge on any atom is 0.386 e. The summed E-state index contributed by atoms with van der Waals surface area (Å²) in [5.74, 6) is -0.802. The molecule has 0 spiro atoms. The van der Waals surface area contributed by atoms with Crippen LogP contribution in [0.2, 0.25) is 0 Å². The Bertz CT molecular complexity index is 1080. The molecule has 0 radical (unpaired) electrons. The van der Waals surface area contributed by atoms with Crippen molar-refractivity contribution in [2.45, 2.75) is 148 Å². The van der Waals surface area contributed by atoms with Gasteiger partial charge in [0, 0.05) is 0 Å². The minimum atomic E-state index is -3.95. The number of halogens is 4. The molecule has 2 aromatic rings. The van der Waals surface area contributed by atoms with Gasteiger partial charge in [-0.25, -0.2) is 8.78 Å². The molecule has 0 heterocycles. The highest BCUT2D eigenvalue weighted by Crippen LogP contribution is 2.43. The number of ether oxygens (including phenoxy) is 1. The Morgan fingerprint density at radius 3 is 1.74 bits per heavy atom. The van der Waals surface area contributed by atoms with Crippen molar-refractivity contribution in [2.24, 2.45) is 11.8 Å². The van der Waals surface area contributed by atoms with E-state index in [-0.39, 0.29) is 11.5 Å². The minimum absolute atomic E-state index is 0.126. The molecule has 2 aliphatic rings. The topological polar surface area (TPSA) is 9.23 Å². The van der Waals surface area contributed by atoms with Gasteiger partial charge in [-0.3, -0.25) is 0 Å². The first-order chi connectivity index (χ1) is 20.2. The second-order valence-electron chi connectivity index (χ2n) is 13.2. The van der Waals surface area contributed by atoms with E-state index in [4.69, 9.17) is 4.74 Å². The van der Waals surface area contributed by atoms with Gasteiger partial charge in [-0.2, -0.15) is 8.78 Å². The van der Waals surface area contributed by atoms with Crippen LogP contribution in [0.25, 0.3) is 0 Å². The Balaban J connectivity index is 1.33. The summed E-state index contributed by atoms with van der Waals surface area (Å²) < 4.78 is 65.7. The van der Waals surface area contributed by atoms with Crippen molar-refractivity contribution in [2.75, 3.05) is 0 Å². The third-order valence-electron chi connectivity index (χ3n) is 10.2. The Kier molecular flexibility index (Phi) is 12.4. The van der Waals surface area contributed by atoms with Crippen LogP contribution in [0, 0.1) is 23.5 Å². The van der Waals surface area contributed by atoms with E-state index in [9.17, 15) is 0 Å². The molecule has 2 aromatic carbocycles. The predicted octanol–water partition coefficient (Wildman–Crippen LogP) is 12.5. The summed E-state index contributed by atoms with van der Waals surface area (Å²) in [6.45, 7) is 5.96. The molecule has 234 valence electrons. The van der Waals surface area contributed by atoms with E-state index in [1.807, 2.05) is 24.3 Å². The summed E-state index contributed by atoms with van der Waals surface area (Å²) in [6, 6.07) is 10.1.